The molecule has 0 heterocycles. The fourth-order valence-electron chi connectivity index (χ4n) is 5.43. The number of fused-ring (bicyclic) bond motifs is 2. The van der Waals surface area contributed by atoms with Gasteiger partial charge in [-0.25, -0.2) is 0 Å². The summed E-state index contributed by atoms with van der Waals surface area (Å²) in [4.78, 5) is 25.1. The Morgan fingerprint density at radius 2 is 1.20 bits per heavy atom. The predicted octanol–water partition coefficient (Wildman–Crippen LogP) is 5.34. The van der Waals surface area contributed by atoms with Crippen molar-refractivity contribution in [3.63, 3.8) is 0 Å². The number of ketones is 2. The number of aryl methyl sites for hydroxylation is 2. The third kappa shape index (κ3) is 6.55. The number of hydrazone groups is 2. The maximum atomic E-state index is 13.2. The number of rotatable bonds is 7. The van der Waals surface area contributed by atoms with E-state index >= 15 is 0 Å². The summed E-state index contributed by atoms with van der Waals surface area (Å²) in [6, 6.07) is 21.2. The number of hydrogen-bond donors (Lipinski definition) is 5. The number of Topliss-reactive ketones (excluding diaryl/α,β-unsaturated/α-hetero) is 2. The lowest BCUT2D eigenvalue weighted by atomic mass is 9.94. The van der Waals surface area contributed by atoms with Gasteiger partial charge in [0.1, 0.15) is 15.5 Å². The summed E-state index contributed by atoms with van der Waals surface area (Å²) < 4.78 is 67.8. The molecule has 248 valence electrons. The smallest absolute Gasteiger partial charge is 0.296 e. The lowest BCUT2D eigenvalue weighted by molar-refractivity contribution is 0.105. The van der Waals surface area contributed by atoms with Crippen molar-refractivity contribution in [1.82, 2.24) is 0 Å². The molecular weight excluding hydrogens is 671 g/mol. The number of carbonyl (C=O) groups is 2. The quantitative estimate of drug-likeness (QED) is 0.0943. The molecule has 4 aromatic rings. The van der Waals surface area contributed by atoms with E-state index in [1.54, 1.807) is 37.3 Å². The van der Waals surface area contributed by atoms with E-state index in [0.717, 1.165) is 28.8 Å². The minimum absolute atomic E-state index is 0.0948. The molecule has 0 atom stereocenters. The zero-order chi connectivity index (χ0) is 35.2. The fraction of sp³-hybridized carbons (Fsp3) is 0.0588. The van der Waals surface area contributed by atoms with Crippen LogP contribution in [-0.2, 0) is 20.2 Å². The molecule has 6 rings (SSSR count). The van der Waals surface area contributed by atoms with Crippen molar-refractivity contribution in [1.29, 1.82) is 0 Å². The number of nitrogens with one attached hydrogen (secondary N) is 2. The van der Waals surface area contributed by atoms with Crippen LogP contribution in [0.3, 0.4) is 0 Å². The lowest BCUT2D eigenvalue weighted by Crippen LogP contribution is -2.27. The molecule has 4 aromatic carbocycles. The van der Waals surface area contributed by atoms with Gasteiger partial charge in [0, 0.05) is 22.4 Å². The summed E-state index contributed by atoms with van der Waals surface area (Å²) >= 11 is 0. The van der Waals surface area contributed by atoms with Gasteiger partial charge in [-0.15, -0.1) is 0 Å². The van der Waals surface area contributed by atoms with E-state index in [1.807, 2.05) is 25.1 Å². The van der Waals surface area contributed by atoms with Crippen molar-refractivity contribution in [3.8, 4) is 11.1 Å². The SMILES string of the molecule is Cc1cc(-c2ccc(N/N=C3\C=C(S(=O)(=O)O)c4ccccc4C3=O)c(C)c2)ccc1N/N=C1/C(=O)c2ccc(N)cc2C=C1S(=O)(=O)O. The molecule has 49 heavy (non-hydrogen) atoms. The molecule has 0 amide bonds. The summed E-state index contributed by atoms with van der Waals surface area (Å²) in [7, 11) is -9.43. The van der Waals surface area contributed by atoms with Crippen LogP contribution in [0.25, 0.3) is 22.1 Å². The van der Waals surface area contributed by atoms with Crippen LogP contribution in [0.1, 0.15) is 43.0 Å². The summed E-state index contributed by atoms with van der Waals surface area (Å²) in [6.07, 6.45) is 2.17. The summed E-state index contributed by atoms with van der Waals surface area (Å²) in [5.74, 6) is -1.21. The molecule has 0 fully saturated rings. The van der Waals surface area contributed by atoms with Crippen LogP contribution in [0.15, 0.2) is 100 Å². The number of nitrogen functional groups attached to an aromatic ring is 1. The Hall–Kier alpha value is -5.74. The van der Waals surface area contributed by atoms with Gasteiger partial charge in [0.25, 0.3) is 20.2 Å². The first kappa shape index (κ1) is 33.2. The minimum Gasteiger partial charge on any atom is -0.399 e. The first-order chi connectivity index (χ1) is 23.1. The summed E-state index contributed by atoms with van der Waals surface area (Å²) in [5, 5.41) is 8.21. The van der Waals surface area contributed by atoms with E-state index in [2.05, 4.69) is 21.1 Å². The van der Waals surface area contributed by atoms with Crippen LogP contribution < -0.4 is 16.6 Å². The lowest BCUT2D eigenvalue weighted by Gasteiger charge is -2.17. The monoisotopic (exact) mass is 697 g/mol. The zero-order valence-corrected chi connectivity index (χ0v) is 27.4. The highest BCUT2D eigenvalue weighted by Crippen LogP contribution is 2.32. The molecule has 15 heteroatoms. The number of allylic oxidation sites excluding steroid dienone is 2. The van der Waals surface area contributed by atoms with Crippen molar-refractivity contribution in [3.05, 3.63) is 123 Å². The van der Waals surface area contributed by atoms with Crippen LogP contribution in [0.5, 0.6) is 0 Å². The molecule has 2 aliphatic rings. The number of nitrogens with two attached hydrogens (primary N) is 1. The van der Waals surface area contributed by atoms with Gasteiger partial charge in [0.2, 0.25) is 11.6 Å². The summed E-state index contributed by atoms with van der Waals surface area (Å²) in [6.45, 7) is 3.61. The van der Waals surface area contributed by atoms with E-state index in [0.29, 0.717) is 22.6 Å². The first-order valence-electron chi connectivity index (χ1n) is 14.5. The molecule has 6 N–H and O–H groups in total. The Balaban J connectivity index is 1.23. The average molecular weight is 698 g/mol. The maximum absolute atomic E-state index is 13.2. The number of nitrogens with zero attached hydrogens (tertiary/aromatic N) is 2. The van der Waals surface area contributed by atoms with E-state index in [-0.39, 0.29) is 28.0 Å². The van der Waals surface area contributed by atoms with Gasteiger partial charge in [0.05, 0.1) is 11.4 Å². The predicted molar refractivity (Wildman–Crippen MR) is 188 cm³/mol. The maximum Gasteiger partial charge on any atom is 0.296 e. The highest BCUT2D eigenvalue weighted by Gasteiger charge is 2.33. The van der Waals surface area contributed by atoms with Crippen LogP contribution in [0, 0.1) is 13.8 Å². The highest BCUT2D eigenvalue weighted by molar-refractivity contribution is 7.95. The standard InChI is InChI=1S/C34H27N5O8S2/c1-18-13-20(7-11-27(18)36-38-29-17-30(48(42,43)44)25-5-3-4-6-26(25)33(29)40)21-8-12-28(19(2)14-21)37-39-32-31(49(45,46)47)16-22-15-23(35)9-10-24(22)34(32)41/h3-17,36-37H,35H2,1-2H3,(H,42,43,44)(H,45,46,47)/b38-29+,39-32+. The Morgan fingerprint density at radius 3 is 1.78 bits per heavy atom. The minimum atomic E-state index is -4.80. The van der Waals surface area contributed by atoms with E-state index in [9.17, 15) is 35.5 Å². The topological polar surface area (TPSA) is 218 Å². The molecule has 0 radical (unpaired) electrons. The molecule has 13 nitrogen and oxygen atoms in total. The van der Waals surface area contributed by atoms with Gasteiger partial charge in [0.15, 0.2) is 5.71 Å². The molecule has 0 unspecified atom stereocenters. The Bertz CT molecular complexity index is 2470. The fourth-order valence-corrected chi connectivity index (χ4v) is 6.81. The van der Waals surface area contributed by atoms with Crippen molar-refractivity contribution in [2.75, 3.05) is 16.6 Å². The largest absolute Gasteiger partial charge is 0.399 e. The molecule has 0 saturated heterocycles. The van der Waals surface area contributed by atoms with Gasteiger partial charge in [-0.05, 0) is 96.3 Å². The third-order valence-corrected chi connectivity index (χ3v) is 9.68. The Labute approximate surface area is 281 Å². The average Bonchev–Trinajstić information content (AvgIpc) is 3.04. The highest BCUT2D eigenvalue weighted by atomic mass is 32.2. The molecule has 0 bridgehead atoms. The van der Waals surface area contributed by atoms with E-state index < -0.39 is 47.3 Å². The van der Waals surface area contributed by atoms with Gasteiger partial charge in [-0.1, -0.05) is 36.4 Å². The molecule has 0 spiro atoms. The van der Waals surface area contributed by atoms with Crippen LogP contribution in [0.4, 0.5) is 17.1 Å². The van der Waals surface area contributed by atoms with Gasteiger partial charge in [-0.3, -0.25) is 29.5 Å². The number of carbonyl (C=O) groups excluding carboxylic acids is 2. The second kappa shape index (κ2) is 12.4. The molecule has 0 aromatic heterocycles. The number of anilines is 3. The molecule has 0 saturated carbocycles. The van der Waals surface area contributed by atoms with Crippen LogP contribution in [0.2, 0.25) is 0 Å². The molecule has 2 aliphatic carbocycles. The van der Waals surface area contributed by atoms with Gasteiger partial charge >= 0.3 is 0 Å². The number of benzene rings is 4. The first-order valence-corrected chi connectivity index (χ1v) is 17.4. The number of hydrogen-bond acceptors (Lipinski definition) is 11. The second-order valence-electron chi connectivity index (χ2n) is 11.3. The van der Waals surface area contributed by atoms with Crippen LogP contribution >= 0.6 is 0 Å². The van der Waals surface area contributed by atoms with E-state index in [4.69, 9.17) is 5.73 Å². The van der Waals surface area contributed by atoms with Crippen molar-refractivity contribution in [2.45, 2.75) is 13.8 Å². The molecular formula is C34H27N5O8S2. The Kier molecular flexibility index (Phi) is 8.37. The normalized spacial score (nSPS) is 16.2. The van der Waals surface area contributed by atoms with Crippen LogP contribution in [-0.4, -0.2) is 48.9 Å². The van der Waals surface area contributed by atoms with E-state index in [1.165, 1.54) is 30.3 Å². The van der Waals surface area contributed by atoms with Gasteiger partial charge < -0.3 is 5.73 Å². The molecule has 0 aliphatic heterocycles. The van der Waals surface area contributed by atoms with Gasteiger partial charge in [-0.2, -0.15) is 27.0 Å². The zero-order valence-electron chi connectivity index (χ0n) is 25.8. The third-order valence-electron chi connectivity index (χ3n) is 7.92. The second-order valence-corrected chi connectivity index (χ2v) is 14.0. The van der Waals surface area contributed by atoms with Crippen molar-refractivity contribution < 1.29 is 35.5 Å². The Morgan fingerprint density at radius 1 is 0.633 bits per heavy atom. The van der Waals surface area contributed by atoms with Crippen molar-refractivity contribution >= 4 is 71.3 Å². The summed E-state index contributed by atoms with van der Waals surface area (Å²) in [5.41, 5.74) is 15.7. The van der Waals surface area contributed by atoms with Crippen molar-refractivity contribution in [2.24, 2.45) is 10.2 Å².